The molecule has 2 aromatic heterocycles. The Morgan fingerprint density at radius 1 is 1.00 bits per heavy atom. The maximum Gasteiger partial charge on any atom is 0.231 e. The van der Waals surface area contributed by atoms with Crippen molar-refractivity contribution in [1.29, 1.82) is 0 Å². The quantitative estimate of drug-likeness (QED) is 0.494. The fraction of sp³-hybridized carbons (Fsp3) is 0.182. The van der Waals surface area contributed by atoms with Gasteiger partial charge in [-0.2, -0.15) is 0 Å². The molecule has 0 aliphatic rings. The van der Waals surface area contributed by atoms with Crippen LogP contribution in [0.2, 0.25) is 0 Å². The maximum absolute atomic E-state index is 10.4. The van der Waals surface area contributed by atoms with Gasteiger partial charge < -0.3 is 24.3 Å². The third-order valence-corrected chi connectivity index (χ3v) is 4.58. The van der Waals surface area contributed by atoms with Crippen LogP contribution >= 0.6 is 0 Å². The Hall–Kier alpha value is -3.58. The molecule has 0 aliphatic carbocycles. The van der Waals surface area contributed by atoms with Crippen LogP contribution in [0.1, 0.15) is 11.3 Å². The van der Waals surface area contributed by atoms with E-state index in [1.54, 1.807) is 12.3 Å². The Balaban J connectivity index is 1.62. The number of nitrogens with one attached hydrogen (secondary N) is 1. The van der Waals surface area contributed by atoms with E-state index in [0.29, 0.717) is 41.6 Å². The monoisotopic (exact) mass is 391 g/mol. The Morgan fingerprint density at radius 2 is 1.83 bits per heavy atom. The van der Waals surface area contributed by atoms with Gasteiger partial charge in [-0.3, -0.25) is 4.98 Å². The van der Waals surface area contributed by atoms with E-state index < -0.39 is 0 Å². The van der Waals surface area contributed by atoms with Crippen LogP contribution in [0, 0.1) is 0 Å². The van der Waals surface area contributed by atoms with E-state index in [0.717, 1.165) is 16.8 Å². The average molecular weight is 391 g/mol. The zero-order valence-corrected chi connectivity index (χ0v) is 16.2. The number of para-hydroxylation sites is 1. The van der Waals surface area contributed by atoms with Gasteiger partial charge in [0.1, 0.15) is 11.3 Å². The molecule has 2 aromatic carbocycles. The van der Waals surface area contributed by atoms with Crippen molar-refractivity contribution in [1.82, 2.24) is 15.3 Å². The molecule has 0 atom stereocenters. The standard InChI is InChI=1S/C22H21N3O4/c1-27-19-10-16(17(26)11-20(19)28-2)22-25-21-14(6-5-8-18(21)29-22)12-23-13-15-7-3-4-9-24-15/h3-11,23,26H,12-13H2,1-2H3. The molecule has 0 unspecified atom stereocenters. The molecule has 0 spiro atoms. The number of phenols is 1. The number of fused-ring (bicyclic) bond motifs is 1. The van der Waals surface area contributed by atoms with Crippen LogP contribution in [0.5, 0.6) is 17.2 Å². The first-order valence-corrected chi connectivity index (χ1v) is 9.14. The summed E-state index contributed by atoms with van der Waals surface area (Å²) in [4.78, 5) is 8.93. The summed E-state index contributed by atoms with van der Waals surface area (Å²) < 4.78 is 16.4. The fourth-order valence-electron chi connectivity index (χ4n) is 3.13. The summed E-state index contributed by atoms with van der Waals surface area (Å²) >= 11 is 0. The molecular formula is C22H21N3O4. The van der Waals surface area contributed by atoms with Gasteiger partial charge >= 0.3 is 0 Å². The van der Waals surface area contributed by atoms with Crippen LogP contribution in [0.4, 0.5) is 0 Å². The molecule has 4 rings (SSSR count). The molecule has 0 aliphatic heterocycles. The topological polar surface area (TPSA) is 89.6 Å². The molecule has 2 N–H and O–H groups in total. The minimum Gasteiger partial charge on any atom is -0.507 e. The van der Waals surface area contributed by atoms with Crippen LogP contribution < -0.4 is 14.8 Å². The lowest BCUT2D eigenvalue weighted by atomic mass is 10.1. The van der Waals surface area contributed by atoms with E-state index in [2.05, 4.69) is 15.3 Å². The van der Waals surface area contributed by atoms with Gasteiger partial charge in [-0.1, -0.05) is 18.2 Å². The summed E-state index contributed by atoms with van der Waals surface area (Å²) in [5.41, 5.74) is 3.78. The highest BCUT2D eigenvalue weighted by Gasteiger charge is 2.18. The molecule has 0 radical (unpaired) electrons. The molecule has 29 heavy (non-hydrogen) atoms. The van der Waals surface area contributed by atoms with Crippen molar-refractivity contribution in [2.45, 2.75) is 13.1 Å². The van der Waals surface area contributed by atoms with E-state index in [1.807, 2.05) is 36.4 Å². The maximum atomic E-state index is 10.4. The van der Waals surface area contributed by atoms with Gasteiger partial charge in [0, 0.05) is 31.4 Å². The Bertz CT molecular complexity index is 1130. The van der Waals surface area contributed by atoms with Gasteiger partial charge in [-0.15, -0.1) is 0 Å². The van der Waals surface area contributed by atoms with Crippen LogP contribution in [0.3, 0.4) is 0 Å². The molecule has 2 heterocycles. The lowest BCUT2D eigenvalue weighted by Crippen LogP contribution is -2.13. The summed E-state index contributed by atoms with van der Waals surface area (Å²) in [7, 11) is 3.05. The number of benzene rings is 2. The second-order valence-corrected chi connectivity index (χ2v) is 6.43. The molecule has 7 heteroatoms. The SMILES string of the molecule is COc1cc(O)c(-c2nc3c(CNCc4ccccn4)cccc3o2)cc1OC. The zero-order valence-electron chi connectivity index (χ0n) is 16.2. The van der Waals surface area contributed by atoms with Crippen LogP contribution in [0.25, 0.3) is 22.6 Å². The third kappa shape index (κ3) is 3.86. The van der Waals surface area contributed by atoms with E-state index in [4.69, 9.17) is 13.9 Å². The number of nitrogens with zero attached hydrogens (tertiary/aromatic N) is 2. The highest BCUT2D eigenvalue weighted by molar-refractivity contribution is 5.81. The summed E-state index contributed by atoms with van der Waals surface area (Å²) in [6.07, 6.45) is 1.78. The zero-order chi connectivity index (χ0) is 20.2. The molecule has 0 saturated carbocycles. The molecule has 148 valence electrons. The van der Waals surface area contributed by atoms with Crippen molar-refractivity contribution < 1.29 is 19.0 Å². The Labute approximate surface area is 167 Å². The number of phenolic OH excluding ortho intramolecular Hbond substituents is 1. The number of hydrogen-bond donors (Lipinski definition) is 2. The summed E-state index contributed by atoms with van der Waals surface area (Å²) in [6, 6.07) is 14.7. The summed E-state index contributed by atoms with van der Waals surface area (Å²) in [5.74, 6) is 1.24. The molecule has 0 fully saturated rings. The third-order valence-electron chi connectivity index (χ3n) is 4.58. The van der Waals surface area contributed by atoms with Gasteiger partial charge in [0.2, 0.25) is 5.89 Å². The normalized spacial score (nSPS) is 11.0. The predicted octanol–water partition coefficient (Wildman–Crippen LogP) is 3.90. The highest BCUT2D eigenvalue weighted by atomic mass is 16.5. The number of aromatic hydroxyl groups is 1. The number of ether oxygens (including phenoxy) is 2. The number of pyridine rings is 1. The first kappa shape index (κ1) is 18.8. The number of aromatic nitrogens is 2. The van der Waals surface area contributed by atoms with E-state index in [1.165, 1.54) is 20.3 Å². The van der Waals surface area contributed by atoms with Crippen molar-refractivity contribution >= 4 is 11.1 Å². The highest BCUT2D eigenvalue weighted by Crippen LogP contribution is 2.40. The first-order chi connectivity index (χ1) is 14.2. The summed E-state index contributed by atoms with van der Waals surface area (Å²) in [6.45, 7) is 1.26. The second-order valence-electron chi connectivity index (χ2n) is 6.43. The van der Waals surface area contributed by atoms with Crippen LogP contribution in [0.15, 0.2) is 59.1 Å². The lowest BCUT2D eigenvalue weighted by molar-refractivity contribution is 0.351. The minimum atomic E-state index is 0.00373. The number of methoxy groups -OCH3 is 2. The molecule has 0 amide bonds. The number of rotatable bonds is 7. The van der Waals surface area contributed by atoms with Gasteiger partial charge in [-0.25, -0.2) is 4.98 Å². The van der Waals surface area contributed by atoms with Crippen LogP contribution in [-0.4, -0.2) is 29.3 Å². The number of oxazole rings is 1. The molecule has 0 bridgehead atoms. The van der Waals surface area contributed by atoms with Crippen molar-refractivity contribution in [3.05, 3.63) is 66.0 Å². The predicted molar refractivity (Wildman–Crippen MR) is 109 cm³/mol. The molecule has 7 nitrogen and oxygen atoms in total. The van der Waals surface area contributed by atoms with Crippen molar-refractivity contribution in [3.63, 3.8) is 0 Å². The fourth-order valence-corrected chi connectivity index (χ4v) is 3.13. The van der Waals surface area contributed by atoms with Crippen LogP contribution in [-0.2, 0) is 13.1 Å². The average Bonchev–Trinajstić information content (AvgIpc) is 3.19. The van der Waals surface area contributed by atoms with E-state index in [9.17, 15) is 5.11 Å². The van der Waals surface area contributed by atoms with Crippen molar-refractivity contribution in [2.75, 3.05) is 14.2 Å². The second kappa shape index (κ2) is 8.20. The molecule has 4 aromatic rings. The number of hydrogen-bond acceptors (Lipinski definition) is 7. The molecular weight excluding hydrogens is 370 g/mol. The smallest absolute Gasteiger partial charge is 0.231 e. The largest absolute Gasteiger partial charge is 0.507 e. The van der Waals surface area contributed by atoms with Crippen molar-refractivity contribution in [3.8, 4) is 28.7 Å². The molecule has 0 saturated heterocycles. The van der Waals surface area contributed by atoms with E-state index >= 15 is 0 Å². The van der Waals surface area contributed by atoms with Gasteiger partial charge in [0.15, 0.2) is 17.1 Å². The van der Waals surface area contributed by atoms with Crippen molar-refractivity contribution in [2.24, 2.45) is 0 Å². The van der Waals surface area contributed by atoms with E-state index in [-0.39, 0.29) is 5.75 Å². The van der Waals surface area contributed by atoms with Gasteiger partial charge in [-0.05, 0) is 23.8 Å². The Kier molecular flexibility index (Phi) is 5.31. The lowest BCUT2D eigenvalue weighted by Gasteiger charge is -2.09. The first-order valence-electron chi connectivity index (χ1n) is 9.14. The minimum absolute atomic E-state index is 0.00373. The Morgan fingerprint density at radius 3 is 2.59 bits per heavy atom. The summed E-state index contributed by atoms with van der Waals surface area (Å²) in [5, 5.41) is 13.8. The van der Waals surface area contributed by atoms with Gasteiger partial charge in [0.25, 0.3) is 0 Å². The van der Waals surface area contributed by atoms with Gasteiger partial charge in [0.05, 0.1) is 25.5 Å².